The predicted molar refractivity (Wildman–Crippen MR) is 133 cm³/mol. The van der Waals surface area contributed by atoms with E-state index >= 15 is 0 Å². The minimum atomic E-state index is -0.0302. The van der Waals surface area contributed by atoms with Crippen LogP contribution in [0.25, 0.3) is 28.0 Å². The summed E-state index contributed by atoms with van der Waals surface area (Å²) in [5, 5.41) is 10.0. The van der Waals surface area contributed by atoms with E-state index < -0.39 is 0 Å². The number of hydrogen-bond acceptors (Lipinski definition) is 6. The van der Waals surface area contributed by atoms with E-state index in [9.17, 15) is 4.79 Å². The van der Waals surface area contributed by atoms with Gasteiger partial charge in [-0.05, 0) is 18.2 Å². The molecule has 1 amide bonds. The summed E-state index contributed by atoms with van der Waals surface area (Å²) in [6.07, 6.45) is 3.37. The zero-order valence-electron chi connectivity index (χ0n) is 19.3. The first-order valence-electron chi connectivity index (χ1n) is 11.6. The van der Waals surface area contributed by atoms with Crippen LogP contribution in [-0.2, 0) is 7.05 Å². The Hall–Kier alpha value is -4.53. The largest absolute Gasteiger partial charge is 0.352 e. The van der Waals surface area contributed by atoms with Crippen LogP contribution in [0.4, 0.5) is 5.82 Å². The molecule has 1 aliphatic rings. The van der Waals surface area contributed by atoms with Gasteiger partial charge < -0.3 is 9.80 Å². The number of benzene rings is 2. The maximum absolute atomic E-state index is 13.7. The molecule has 5 aromatic rings. The van der Waals surface area contributed by atoms with Crippen molar-refractivity contribution in [3.8, 4) is 16.9 Å². The molecule has 9 nitrogen and oxygen atoms in total. The van der Waals surface area contributed by atoms with Crippen LogP contribution >= 0.6 is 0 Å². The molecule has 1 aliphatic heterocycles. The number of aryl methyl sites for hydroxylation is 1. The first-order valence-corrected chi connectivity index (χ1v) is 11.6. The summed E-state index contributed by atoms with van der Waals surface area (Å²) < 4.78 is 3.50. The van der Waals surface area contributed by atoms with Crippen molar-refractivity contribution in [2.24, 2.45) is 7.05 Å². The first-order chi connectivity index (χ1) is 17.2. The lowest BCUT2D eigenvalue weighted by Gasteiger charge is -2.35. The van der Waals surface area contributed by atoms with Crippen LogP contribution in [-0.4, -0.2) is 66.5 Å². The minimum absolute atomic E-state index is 0.0302. The van der Waals surface area contributed by atoms with E-state index in [0.29, 0.717) is 31.9 Å². The Morgan fingerprint density at radius 1 is 0.886 bits per heavy atom. The Labute approximate surface area is 202 Å². The molecule has 1 saturated heterocycles. The molecule has 2 aromatic carbocycles. The third kappa shape index (κ3) is 3.80. The second kappa shape index (κ2) is 8.68. The summed E-state index contributed by atoms with van der Waals surface area (Å²) in [7, 11) is 1.87. The van der Waals surface area contributed by atoms with Gasteiger partial charge in [-0.15, -0.1) is 0 Å². The molecule has 1 fully saturated rings. The highest BCUT2D eigenvalue weighted by Crippen LogP contribution is 2.25. The van der Waals surface area contributed by atoms with Crippen LogP contribution in [0.5, 0.6) is 0 Å². The second-order valence-corrected chi connectivity index (χ2v) is 8.51. The number of amides is 1. The molecule has 0 radical (unpaired) electrons. The fourth-order valence-corrected chi connectivity index (χ4v) is 4.53. The van der Waals surface area contributed by atoms with Gasteiger partial charge in [0.15, 0.2) is 5.65 Å². The molecule has 0 saturated carbocycles. The van der Waals surface area contributed by atoms with Gasteiger partial charge in [0.2, 0.25) is 0 Å². The average molecular weight is 465 g/mol. The van der Waals surface area contributed by atoms with E-state index in [1.54, 1.807) is 21.9 Å². The van der Waals surface area contributed by atoms with Crippen LogP contribution in [0.15, 0.2) is 79.3 Å². The number of para-hydroxylation sites is 1. The summed E-state index contributed by atoms with van der Waals surface area (Å²) in [5.41, 5.74) is 3.97. The number of anilines is 1. The summed E-state index contributed by atoms with van der Waals surface area (Å²) in [6.45, 7) is 2.53. The standard InChI is InChI=1S/C26H24N8O/c1-31-24-21(17-29-31)25(28-18-27-24)32-12-14-33(15-13-32)26(35)23-16-22(19-8-4-2-5-9-19)30-34(23)20-10-6-3-7-11-20/h2-11,16-18H,12-15H2,1H3. The number of piperazine rings is 1. The molecule has 9 heteroatoms. The van der Waals surface area contributed by atoms with Gasteiger partial charge in [0.25, 0.3) is 5.91 Å². The van der Waals surface area contributed by atoms with Crippen LogP contribution in [0.2, 0.25) is 0 Å². The summed E-state index contributed by atoms with van der Waals surface area (Å²) >= 11 is 0. The molecule has 3 aromatic heterocycles. The molecular formula is C26H24N8O. The third-order valence-corrected chi connectivity index (χ3v) is 6.37. The van der Waals surface area contributed by atoms with Gasteiger partial charge >= 0.3 is 0 Å². The Morgan fingerprint density at radius 3 is 2.34 bits per heavy atom. The van der Waals surface area contributed by atoms with Crippen molar-refractivity contribution < 1.29 is 4.79 Å². The van der Waals surface area contributed by atoms with Crippen molar-refractivity contribution in [1.29, 1.82) is 0 Å². The monoisotopic (exact) mass is 464 g/mol. The predicted octanol–water partition coefficient (Wildman–Crippen LogP) is 3.18. The molecule has 174 valence electrons. The van der Waals surface area contributed by atoms with Crippen molar-refractivity contribution in [2.75, 3.05) is 31.1 Å². The molecule has 35 heavy (non-hydrogen) atoms. The Bertz CT molecular complexity index is 1480. The van der Waals surface area contributed by atoms with Crippen LogP contribution in [0.3, 0.4) is 0 Å². The highest BCUT2D eigenvalue weighted by Gasteiger charge is 2.27. The molecule has 0 bridgehead atoms. The zero-order chi connectivity index (χ0) is 23.8. The minimum Gasteiger partial charge on any atom is -0.352 e. The van der Waals surface area contributed by atoms with E-state index in [0.717, 1.165) is 33.8 Å². The summed E-state index contributed by atoms with van der Waals surface area (Å²) in [6, 6.07) is 21.6. The van der Waals surface area contributed by atoms with Crippen molar-refractivity contribution in [3.05, 3.63) is 84.9 Å². The number of aromatic nitrogens is 6. The maximum atomic E-state index is 13.7. The molecule has 0 spiro atoms. The number of nitrogens with zero attached hydrogens (tertiary/aromatic N) is 8. The van der Waals surface area contributed by atoms with E-state index in [1.165, 1.54) is 0 Å². The SMILES string of the molecule is Cn1ncc2c(N3CCN(C(=O)c4cc(-c5ccccc5)nn4-c4ccccc4)CC3)ncnc21. The average Bonchev–Trinajstić information content (AvgIpc) is 3.54. The Kier molecular flexibility index (Phi) is 5.21. The number of hydrogen-bond donors (Lipinski definition) is 0. The Morgan fingerprint density at radius 2 is 1.60 bits per heavy atom. The normalized spacial score (nSPS) is 14.0. The summed E-state index contributed by atoms with van der Waals surface area (Å²) in [4.78, 5) is 26.6. The quantitative estimate of drug-likeness (QED) is 0.406. The lowest BCUT2D eigenvalue weighted by atomic mass is 10.1. The molecule has 0 atom stereocenters. The molecule has 0 N–H and O–H groups in total. The molecular weight excluding hydrogens is 440 g/mol. The van der Waals surface area contributed by atoms with Crippen LogP contribution < -0.4 is 4.90 Å². The number of fused-ring (bicyclic) bond motifs is 1. The van der Waals surface area contributed by atoms with Gasteiger partial charge in [-0.25, -0.2) is 14.6 Å². The van der Waals surface area contributed by atoms with Gasteiger partial charge in [-0.1, -0.05) is 48.5 Å². The van der Waals surface area contributed by atoms with E-state index in [-0.39, 0.29) is 5.91 Å². The number of rotatable bonds is 4. The van der Waals surface area contributed by atoms with Gasteiger partial charge in [-0.2, -0.15) is 10.2 Å². The van der Waals surface area contributed by atoms with Gasteiger partial charge in [0.1, 0.15) is 17.8 Å². The van der Waals surface area contributed by atoms with E-state index in [2.05, 4.69) is 20.0 Å². The Balaban J connectivity index is 1.27. The van der Waals surface area contributed by atoms with Gasteiger partial charge in [0.05, 0.1) is 23.0 Å². The van der Waals surface area contributed by atoms with E-state index in [1.807, 2.05) is 78.7 Å². The van der Waals surface area contributed by atoms with Crippen molar-refractivity contribution >= 4 is 22.8 Å². The smallest absolute Gasteiger partial charge is 0.272 e. The molecule has 0 aliphatic carbocycles. The fourth-order valence-electron chi connectivity index (χ4n) is 4.53. The van der Waals surface area contributed by atoms with Crippen molar-refractivity contribution in [3.63, 3.8) is 0 Å². The molecule has 0 unspecified atom stereocenters. The molecule has 4 heterocycles. The van der Waals surface area contributed by atoms with Gasteiger partial charge in [0, 0.05) is 38.8 Å². The lowest BCUT2D eigenvalue weighted by Crippen LogP contribution is -2.49. The maximum Gasteiger partial charge on any atom is 0.272 e. The van der Waals surface area contributed by atoms with Crippen molar-refractivity contribution in [2.45, 2.75) is 0 Å². The molecule has 6 rings (SSSR count). The second-order valence-electron chi connectivity index (χ2n) is 8.51. The van der Waals surface area contributed by atoms with Gasteiger partial charge in [-0.3, -0.25) is 9.48 Å². The zero-order valence-corrected chi connectivity index (χ0v) is 19.3. The van der Waals surface area contributed by atoms with Crippen molar-refractivity contribution in [1.82, 2.24) is 34.4 Å². The van der Waals surface area contributed by atoms with Crippen LogP contribution in [0, 0.1) is 0 Å². The van der Waals surface area contributed by atoms with Crippen LogP contribution in [0.1, 0.15) is 10.5 Å². The fraction of sp³-hybridized carbons (Fsp3) is 0.192. The highest BCUT2D eigenvalue weighted by molar-refractivity contribution is 5.95. The number of carbonyl (C=O) groups excluding carboxylic acids is 1. The topological polar surface area (TPSA) is 85.0 Å². The third-order valence-electron chi connectivity index (χ3n) is 6.37. The van der Waals surface area contributed by atoms with E-state index in [4.69, 9.17) is 5.10 Å². The lowest BCUT2D eigenvalue weighted by molar-refractivity contribution is 0.0737. The first kappa shape index (κ1) is 21.0. The number of carbonyl (C=O) groups is 1. The summed E-state index contributed by atoms with van der Waals surface area (Å²) in [5.74, 6) is 0.827. The highest BCUT2D eigenvalue weighted by atomic mass is 16.2.